The Morgan fingerprint density at radius 3 is 1.90 bits per heavy atom. The maximum absolute atomic E-state index is 11.7. The third kappa shape index (κ3) is 8.61. The van der Waals surface area contributed by atoms with Crippen LogP contribution in [0, 0.1) is 0 Å². The van der Waals surface area contributed by atoms with Crippen molar-refractivity contribution in [3.63, 3.8) is 0 Å². The molecule has 9 nitrogen and oxygen atoms in total. The lowest BCUT2D eigenvalue weighted by molar-refractivity contribution is -0.232. The molecule has 1 heterocycles. The molecule has 0 N–H and O–H groups in total. The normalized spacial score (nSPS) is 26.3. The van der Waals surface area contributed by atoms with Crippen molar-refractivity contribution in [2.45, 2.75) is 82.7 Å². The van der Waals surface area contributed by atoms with Crippen LogP contribution < -0.4 is 0 Å². The first-order valence-electron chi connectivity index (χ1n) is 9.46. The number of rotatable bonds is 10. The Hall–Kier alpha value is -1.81. The molecule has 1 saturated heterocycles. The predicted molar refractivity (Wildman–Crippen MR) is 104 cm³/mol. The maximum atomic E-state index is 11.7. The quantitative estimate of drug-likeness (QED) is 0.287. The fraction of sp³-hybridized carbons (Fsp3) is 0.789. The van der Waals surface area contributed by atoms with Gasteiger partial charge in [-0.1, -0.05) is 12.8 Å². The molecule has 1 fully saturated rings. The first kappa shape index (κ1) is 25.2. The number of carbonyl (C=O) groups excluding carboxylic acids is 4. The molecular formula is C19H30O9S. The van der Waals surface area contributed by atoms with Crippen LogP contribution in [0.1, 0.15) is 52.9 Å². The lowest BCUT2D eigenvalue weighted by Gasteiger charge is -2.44. The standard InChI is InChI=1S/C19H30O9S/c1-11(20)25-16-14(9-7-6-8-10-15(23)24-4)28-19(29-5)18(27-13(3)22)17(16)26-12(2)21/h14,16-19H,6-10H2,1-5H3/t14-,16+,17+,18-,19+/m0/s1. The van der Waals surface area contributed by atoms with Crippen LogP contribution in [0.2, 0.25) is 0 Å². The largest absolute Gasteiger partial charge is 0.469 e. The van der Waals surface area contributed by atoms with Gasteiger partial charge in [0.05, 0.1) is 7.11 Å². The molecule has 0 unspecified atom stereocenters. The summed E-state index contributed by atoms with van der Waals surface area (Å²) >= 11 is 1.31. The Kier molecular flexibility index (Phi) is 11.0. The Labute approximate surface area is 175 Å². The minimum Gasteiger partial charge on any atom is -0.469 e. The highest BCUT2D eigenvalue weighted by Crippen LogP contribution is 2.35. The predicted octanol–water partition coefficient (Wildman–Crippen LogP) is 1.99. The van der Waals surface area contributed by atoms with Crippen LogP contribution in [0.5, 0.6) is 0 Å². The summed E-state index contributed by atoms with van der Waals surface area (Å²) in [6, 6.07) is 0. The van der Waals surface area contributed by atoms with E-state index in [4.69, 9.17) is 18.9 Å². The van der Waals surface area contributed by atoms with Crippen molar-refractivity contribution in [3.05, 3.63) is 0 Å². The summed E-state index contributed by atoms with van der Waals surface area (Å²) in [4.78, 5) is 46.1. The monoisotopic (exact) mass is 434 g/mol. The second kappa shape index (κ2) is 12.7. The molecule has 0 aromatic rings. The Bertz CT molecular complexity index is 580. The van der Waals surface area contributed by atoms with Gasteiger partial charge in [-0.05, 0) is 19.1 Å². The summed E-state index contributed by atoms with van der Waals surface area (Å²) in [6.45, 7) is 3.73. The van der Waals surface area contributed by atoms with Crippen LogP contribution in [0.15, 0.2) is 0 Å². The molecule has 29 heavy (non-hydrogen) atoms. The van der Waals surface area contributed by atoms with Gasteiger partial charge < -0.3 is 23.7 Å². The fourth-order valence-electron chi connectivity index (χ4n) is 3.17. The summed E-state index contributed by atoms with van der Waals surface area (Å²) in [5.41, 5.74) is -0.588. The van der Waals surface area contributed by atoms with E-state index in [-0.39, 0.29) is 5.97 Å². The summed E-state index contributed by atoms with van der Waals surface area (Å²) in [5.74, 6) is -1.96. The van der Waals surface area contributed by atoms with Crippen LogP contribution >= 0.6 is 11.8 Å². The van der Waals surface area contributed by atoms with E-state index in [0.29, 0.717) is 25.7 Å². The maximum Gasteiger partial charge on any atom is 0.305 e. The number of carbonyl (C=O) groups is 4. The topological polar surface area (TPSA) is 114 Å². The first-order chi connectivity index (χ1) is 13.7. The Morgan fingerprint density at radius 1 is 0.828 bits per heavy atom. The highest BCUT2D eigenvalue weighted by molar-refractivity contribution is 7.99. The van der Waals surface area contributed by atoms with Gasteiger partial charge in [0, 0.05) is 27.2 Å². The number of esters is 4. The zero-order chi connectivity index (χ0) is 22.0. The van der Waals surface area contributed by atoms with Crippen molar-refractivity contribution in [2.75, 3.05) is 13.4 Å². The molecule has 0 aromatic heterocycles. The highest BCUT2D eigenvalue weighted by Gasteiger charge is 2.51. The van der Waals surface area contributed by atoms with Crippen molar-refractivity contribution in [1.29, 1.82) is 0 Å². The SMILES string of the molecule is COC(=O)CCCCC[C@@H]1O[C@H](SC)[C@@H](OC(C)=O)[C@H](OC(C)=O)[C@@H]1OC(C)=O. The number of thioether (sulfide) groups is 1. The Morgan fingerprint density at radius 2 is 1.38 bits per heavy atom. The molecule has 10 heteroatoms. The van der Waals surface area contributed by atoms with Gasteiger partial charge in [-0.25, -0.2) is 0 Å². The van der Waals surface area contributed by atoms with Gasteiger partial charge >= 0.3 is 23.9 Å². The molecule has 0 aromatic carbocycles. The van der Waals surface area contributed by atoms with E-state index in [1.54, 1.807) is 6.26 Å². The first-order valence-corrected chi connectivity index (χ1v) is 10.7. The molecule has 1 aliphatic rings. The second-order valence-corrected chi connectivity index (χ2v) is 7.61. The van der Waals surface area contributed by atoms with Crippen molar-refractivity contribution in [1.82, 2.24) is 0 Å². The van der Waals surface area contributed by atoms with E-state index in [2.05, 4.69) is 4.74 Å². The molecule has 5 atom stereocenters. The van der Waals surface area contributed by atoms with Crippen molar-refractivity contribution >= 4 is 35.6 Å². The number of hydrogen-bond donors (Lipinski definition) is 0. The molecule has 0 bridgehead atoms. The van der Waals surface area contributed by atoms with Crippen LogP contribution in [0.25, 0.3) is 0 Å². The summed E-state index contributed by atoms with van der Waals surface area (Å²) in [6.07, 6.45) is 1.38. The zero-order valence-corrected chi connectivity index (χ0v) is 18.3. The molecule has 0 radical (unpaired) electrons. The van der Waals surface area contributed by atoms with E-state index in [0.717, 1.165) is 6.42 Å². The van der Waals surface area contributed by atoms with E-state index in [1.165, 1.54) is 39.6 Å². The molecule has 0 aliphatic carbocycles. The molecule has 0 spiro atoms. The number of unbranched alkanes of at least 4 members (excludes halogenated alkanes) is 2. The van der Waals surface area contributed by atoms with Gasteiger partial charge in [0.1, 0.15) is 11.5 Å². The third-order valence-corrected chi connectivity index (χ3v) is 5.17. The van der Waals surface area contributed by atoms with E-state index in [1.807, 2.05) is 0 Å². The van der Waals surface area contributed by atoms with Crippen molar-refractivity contribution < 1.29 is 42.9 Å². The molecule has 1 aliphatic heterocycles. The Balaban J connectivity index is 2.94. The number of ether oxygens (including phenoxy) is 5. The molecule has 1 rings (SSSR count). The fourth-order valence-corrected chi connectivity index (χ4v) is 3.90. The van der Waals surface area contributed by atoms with Crippen LogP contribution in [0.4, 0.5) is 0 Å². The van der Waals surface area contributed by atoms with Crippen LogP contribution in [0.3, 0.4) is 0 Å². The zero-order valence-electron chi connectivity index (χ0n) is 17.5. The second-order valence-electron chi connectivity index (χ2n) is 6.68. The number of hydrogen-bond acceptors (Lipinski definition) is 10. The molecule has 0 amide bonds. The third-order valence-electron chi connectivity index (χ3n) is 4.33. The van der Waals surface area contributed by atoms with E-state index >= 15 is 0 Å². The van der Waals surface area contributed by atoms with Crippen LogP contribution in [-0.2, 0) is 42.9 Å². The van der Waals surface area contributed by atoms with Gasteiger partial charge in [0.2, 0.25) is 0 Å². The lowest BCUT2D eigenvalue weighted by Crippen LogP contribution is -2.60. The van der Waals surface area contributed by atoms with Gasteiger partial charge in [-0.15, -0.1) is 11.8 Å². The van der Waals surface area contributed by atoms with Crippen molar-refractivity contribution in [2.24, 2.45) is 0 Å². The summed E-state index contributed by atoms with van der Waals surface area (Å²) < 4.78 is 26.8. The lowest BCUT2D eigenvalue weighted by atomic mass is 9.94. The molecular weight excluding hydrogens is 404 g/mol. The van der Waals surface area contributed by atoms with Crippen molar-refractivity contribution in [3.8, 4) is 0 Å². The summed E-state index contributed by atoms with van der Waals surface area (Å²) in [5, 5.41) is 0. The molecule has 166 valence electrons. The average Bonchev–Trinajstić information content (AvgIpc) is 2.64. The van der Waals surface area contributed by atoms with Gasteiger partial charge in [0.15, 0.2) is 18.3 Å². The molecule has 0 saturated carbocycles. The summed E-state index contributed by atoms with van der Waals surface area (Å²) in [7, 11) is 1.35. The van der Waals surface area contributed by atoms with Crippen LogP contribution in [-0.4, -0.2) is 67.1 Å². The van der Waals surface area contributed by atoms with E-state index < -0.39 is 47.8 Å². The smallest absolute Gasteiger partial charge is 0.305 e. The van der Waals surface area contributed by atoms with Gasteiger partial charge in [-0.3, -0.25) is 19.2 Å². The minimum atomic E-state index is -0.980. The average molecular weight is 435 g/mol. The van der Waals surface area contributed by atoms with E-state index in [9.17, 15) is 19.2 Å². The minimum absolute atomic E-state index is 0.265. The highest BCUT2D eigenvalue weighted by atomic mass is 32.2. The van der Waals surface area contributed by atoms with Gasteiger partial charge in [0.25, 0.3) is 0 Å². The van der Waals surface area contributed by atoms with Gasteiger partial charge in [-0.2, -0.15) is 0 Å². The number of methoxy groups -OCH3 is 1.